The number of likely N-dealkylation sites (tertiary alicyclic amines) is 1. The zero-order valence-corrected chi connectivity index (χ0v) is 9.25. The Morgan fingerprint density at radius 2 is 1.85 bits per heavy atom. The minimum Gasteiger partial charge on any atom is -0.360 e. The molecule has 0 spiro atoms. The van der Waals surface area contributed by atoms with Gasteiger partial charge in [0.2, 0.25) is 0 Å². The minimum absolute atomic E-state index is 0.765. The zero-order chi connectivity index (χ0) is 9.84. The molecule has 0 aliphatic carbocycles. The summed E-state index contributed by atoms with van der Waals surface area (Å²) < 4.78 is 0. The largest absolute Gasteiger partial charge is 0.360 e. The van der Waals surface area contributed by atoms with Gasteiger partial charge < -0.3 is 9.80 Å². The van der Waals surface area contributed by atoms with Gasteiger partial charge >= 0.3 is 0 Å². The van der Waals surface area contributed by atoms with E-state index in [1.54, 1.807) is 0 Å². The lowest BCUT2D eigenvalue weighted by Gasteiger charge is -2.36. The van der Waals surface area contributed by atoms with E-state index in [-0.39, 0.29) is 0 Å². The molecule has 0 atom stereocenters. The number of piperidine rings is 1. The molecule has 1 saturated heterocycles. The molecule has 76 valence electrons. The van der Waals surface area contributed by atoms with Crippen LogP contribution in [0, 0.1) is 0 Å². The van der Waals surface area contributed by atoms with E-state index in [1.807, 2.05) is 7.05 Å². The summed E-state index contributed by atoms with van der Waals surface area (Å²) >= 11 is 0. The second-order valence-corrected chi connectivity index (χ2v) is 3.95. The van der Waals surface area contributed by atoms with Crippen LogP contribution in [0.1, 0.15) is 19.8 Å². The number of rotatable bonds is 1. The summed E-state index contributed by atoms with van der Waals surface area (Å²) in [5.41, 5.74) is 0. The average Bonchev–Trinajstić information content (AvgIpc) is 2.17. The highest BCUT2D eigenvalue weighted by molar-refractivity contribution is 5.79. The van der Waals surface area contributed by atoms with E-state index in [0.29, 0.717) is 0 Å². The summed E-state index contributed by atoms with van der Waals surface area (Å²) in [5.74, 6) is 1.18. The van der Waals surface area contributed by atoms with Crippen LogP contribution in [0.3, 0.4) is 0 Å². The number of hydrogen-bond donors (Lipinski definition) is 0. The van der Waals surface area contributed by atoms with Crippen molar-refractivity contribution in [3.05, 3.63) is 0 Å². The summed E-state index contributed by atoms with van der Waals surface area (Å²) in [4.78, 5) is 8.92. The van der Waals surface area contributed by atoms with Crippen LogP contribution in [0.15, 0.2) is 4.99 Å². The molecule has 1 heterocycles. The molecule has 0 radical (unpaired) electrons. The van der Waals surface area contributed by atoms with Crippen LogP contribution in [0.2, 0.25) is 0 Å². The summed E-state index contributed by atoms with van der Waals surface area (Å²) in [5, 5.41) is 0. The number of aliphatic imine (C=N–C) groups is 1. The Hall–Kier alpha value is -0.570. The number of amidine groups is 1. The van der Waals surface area contributed by atoms with E-state index in [2.05, 4.69) is 35.8 Å². The van der Waals surface area contributed by atoms with Gasteiger partial charge in [0, 0.05) is 26.2 Å². The van der Waals surface area contributed by atoms with E-state index in [4.69, 9.17) is 0 Å². The molecule has 0 aromatic rings. The third-order valence-corrected chi connectivity index (χ3v) is 2.98. The van der Waals surface area contributed by atoms with Crippen LogP contribution in [-0.4, -0.2) is 55.9 Å². The molecule has 0 saturated carbocycles. The molecule has 0 unspecified atom stereocenters. The highest BCUT2D eigenvalue weighted by Gasteiger charge is 2.20. The molecule has 1 aliphatic rings. The van der Waals surface area contributed by atoms with Gasteiger partial charge in [-0.2, -0.15) is 0 Å². The van der Waals surface area contributed by atoms with Gasteiger partial charge in [-0.25, -0.2) is 0 Å². The van der Waals surface area contributed by atoms with Crippen LogP contribution in [0.4, 0.5) is 0 Å². The lowest BCUT2D eigenvalue weighted by Crippen LogP contribution is -2.43. The third-order valence-electron chi connectivity index (χ3n) is 2.98. The van der Waals surface area contributed by atoms with Gasteiger partial charge in [-0.05, 0) is 33.9 Å². The smallest absolute Gasteiger partial charge is 0.0954 e. The second-order valence-electron chi connectivity index (χ2n) is 3.95. The quantitative estimate of drug-likeness (QED) is 0.447. The molecule has 3 nitrogen and oxygen atoms in total. The summed E-state index contributed by atoms with van der Waals surface area (Å²) in [7, 11) is 6.20. The summed E-state index contributed by atoms with van der Waals surface area (Å²) in [6, 6.07) is 0.765. The Kier molecular flexibility index (Phi) is 3.72. The zero-order valence-electron chi connectivity index (χ0n) is 9.25. The van der Waals surface area contributed by atoms with E-state index < -0.39 is 0 Å². The average molecular weight is 183 g/mol. The van der Waals surface area contributed by atoms with E-state index in [0.717, 1.165) is 19.1 Å². The van der Waals surface area contributed by atoms with Gasteiger partial charge in [0.1, 0.15) is 0 Å². The molecular formula is C10H21N3. The fraction of sp³-hybridized carbons (Fsp3) is 0.900. The van der Waals surface area contributed by atoms with Crippen LogP contribution in [0.5, 0.6) is 0 Å². The monoisotopic (exact) mass is 183 g/mol. The first-order valence-electron chi connectivity index (χ1n) is 5.00. The van der Waals surface area contributed by atoms with Crippen LogP contribution in [-0.2, 0) is 0 Å². The fourth-order valence-corrected chi connectivity index (χ4v) is 1.85. The molecule has 0 amide bonds. The van der Waals surface area contributed by atoms with Crippen LogP contribution >= 0.6 is 0 Å². The van der Waals surface area contributed by atoms with E-state index in [1.165, 1.54) is 18.7 Å². The first-order chi connectivity index (χ1) is 6.15. The van der Waals surface area contributed by atoms with Gasteiger partial charge in [-0.3, -0.25) is 4.99 Å². The van der Waals surface area contributed by atoms with Crippen molar-refractivity contribution in [3.63, 3.8) is 0 Å². The molecular weight excluding hydrogens is 162 g/mol. The van der Waals surface area contributed by atoms with Crippen molar-refractivity contribution in [1.29, 1.82) is 0 Å². The molecule has 0 aromatic heterocycles. The SMILES string of the molecule is CN=C(C)N1CCC(N(C)C)CC1. The number of hydrogen-bond acceptors (Lipinski definition) is 2. The van der Waals surface area contributed by atoms with Gasteiger partial charge in [0.15, 0.2) is 0 Å². The minimum atomic E-state index is 0.765. The Morgan fingerprint density at radius 3 is 2.23 bits per heavy atom. The summed E-state index contributed by atoms with van der Waals surface area (Å²) in [6.07, 6.45) is 2.53. The van der Waals surface area contributed by atoms with Crippen molar-refractivity contribution in [1.82, 2.24) is 9.80 Å². The normalized spacial score (nSPS) is 21.3. The van der Waals surface area contributed by atoms with Crippen molar-refractivity contribution in [2.45, 2.75) is 25.8 Å². The molecule has 1 fully saturated rings. The Morgan fingerprint density at radius 1 is 1.31 bits per heavy atom. The predicted molar refractivity (Wildman–Crippen MR) is 57.3 cm³/mol. The van der Waals surface area contributed by atoms with Crippen molar-refractivity contribution in [3.8, 4) is 0 Å². The van der Waals surface area contributed by atoms with Crippen molar-refractivity contribution >= 4 is 5.84 Å². The Labute approximate surface area is 81.4 Å². The molecule has 3 heteroatoms. The highest BCUT2D eigenvalue weighted by atomic mass is 15.2. The van der Waals surface area contributed by atoms with Gasteiger partial charge in [0.25, 0.3) is 0 Å². The van der Waals surface area contributed by atoms with Gasteiger partial charge in [0.05, 0.1) is 5.84 Å². The first-order valence-corrected chi connectivity index (χ1v) is 5.00. The molecule has 1 rings (SSSR count). The standard InChI is InChI=1S/C10H21N3/c1-9(11-2)13-7-5-10(6-8-13)12(3)4/h10H,5-8H2,1-4H3. The van der Waals surface area contributed by atoms with Gasteiger partial charge in [-0.15, -0.1) is 0 Å². The van der Waals surface area contributed by atoms with Gasteiger partial charge in [-0.1, -0.05) is 0 Å². The Bertz CT molecular complexity index is 179. The van der Waals surface area contributed by atoms with Crippen molar-refractivity contribution in [2.24, 2.45) is 4.99 Å². The Balaban J connectivity index is 2.39. The molecule has 13 heavy (non-hydrogen) atoms. The first kappa shape index (κ1) is 10.5. The maximum atomic E-state index is 4.21. The fourth-order valence-electron chi connectivity index (χ4n) is 1.85. The topological polar surface area (TPSA) is 18.8 Å². The molecule has 0 aromatic carbocycles. The predicted octanol–water partition coefficient (Wildman–Crippen LogP) is 1.06. The summed E-state index contributed by atoms with van der Waals surface area (Å²) in [6.45, 7) is 4.41. The van der Waals surface area contributed by atoms with Crippen LogP contribution in [0.25, 0.3) is 0 Å². The molecule has 0 bridgehead atoms. The second kappa shape index (κ2) is 4.61. The van der Waals surface area contributed by atoms with Crippen molar-refractivity contribution in [2.75, 3.05) is 34.2 Å². The van der Waals surface area contributed by atoms with E-state index in [9.17, 15) is 0 Å². The van der Waals surface area contributed by atoms with E-state index >= 15 is 0 Å². The molecule has 1 aliphatic heterocycles. The molecule has 0 N–H and O–H groups in total. The lowest BCUT2D eigenvalue weighted by molar-refractivity contribution is 0.191. The van der Waals surface area contributed by atoms with Crippen LogP contribution < -0.4 is 0 Å². The maximum absolute atomic E-state index is 4.21. The van der Waals surface area contributed by atoms with Crippen molar-refractivity contribution < 1.29 is 0 Å². The third kappa shape index (κ3) is 2.69. The highest BCUT2D eigenvalue weighted by Crippen LogP contribution is 2.14. The lowest BCUT2D eigenvalue weighted by atomic mass is 10.0. The maximum Gasteiger partial charge on any atom is 0.0954 e. The number of nitrogens with zero attached hydrogens (tertiary/aromatic N) is 3.